The number of anilines is 3. The van der Waals surface area contributed by atoms with Gasteiger partial charge in [0, 0.05) is 35.3 Å². The lowest BCUT2D eigenvalue weighted by Crippen LogP contribution is -2.33. The molecule has 1 N–H and O–H groups in total. The number of benzene rings is 3. The molecule has 2 aliphatic heterocycles. The number of nitrogens with zero attached hydrogens (tertiary/aromatic N) is 3. The van der Waals surface area contributed by atoms with E-state index in [1.54, 1.807) is 18.2 Å². The molecule has 3 unspecified atom stereocenters. The maximum Gasteiger partial charge on any atom is 0.308 e. The Morgan fingerprint density at radius 2 is 1.59 bits per heavy atom. The zero-order valence-electron chi connectivity index (χ0n) is 25.1. The monoisotopic (exact) mass is 626 g/mol. The summed E-state index contributed by atoms with van der Waals surface area (Å²) in [5.41, 5.74) is 5.15. The molecule has 0 spiro atoms. The van der Waals surface area contributed by atoms with E-state index in [-0.39, 0.29) is 29.1 Å². The van der Waals surface area contributed by atoms with Crippen LogP contribution in [-0.2, 0) is 20.9 Å². The maximum atomic E-state index is 14.1. The number of thioether (sulfide) groups is 1. The van der Waals surface area contributed by atoms with Crippen molar-refractivity contribution >= 4 is 57.9 Å². The van der Waals surface area contributed by atoms with Crippen LogP contribution in [0.15, 0.2) is 82.6 Å². The summed E-state index contributed by atoms with van der Waals surface area (Å²) in [5.74, 6) is -2.11. The molecule has 4 aromatic rings. The van der Waals surface area contributed by atoms with Gasteiger partial charge in [-0.1, -0.05) is 65.1 Å². The number of amides is 3. The van der Waals surface area contributed by atoms with E-state index >= 15 is 0 Å². The Balaban J connectivity index is 1.41. The predicted octanol–water partition coefficient (Wildman–Crippen LogP) is 5.81. The van der Waals surface area contributed by atoms with E-state index in [1.807, 2.05) is 68.4 Å². The summed E-state index contributed by atoms with van der Waals surface area (Å²) in [5, 5.41) is 2.73. The van der Waals surface area contributed by atoms with Gasteiger partial charge < -0.3 is 10.2 Å². The number of fused-ring (bicyclic) bond motifs is 2. The number of thiazole rings is 1. The fourth-order valence-corrected chi connectivity index (χ4v) is 8.88. The third-order valence-electron chi connectivity index (χ3n) is 8.33. The van der Waals surface area contributed by atoms with Gasteiger partial charge in [0.05, 0.1) is 16.6 Å². The molecule has 3 atom stereocenters. The number of carbonyl (C=O) groups is 3. The van der Waals surface area contributed by atoms with Gasteiger partial charge in [-0.3, -0.25) is 23.7 Å². The van der Waals surface area contributed by atoms with Gasteiger partial charge in [-0.15, -0.1) is 0 Å². The van der Waals surface area contributed by atoms with Crippen molar-refractivity contribution in [2.24, 2.45) is 5.92 Å². The van der Waals surface area contributed by atoms with Crippen LogP contribution in [0.5, 0.6) is 0 Å². The molecule has 6 rings (SSSR count). The summed E-state index contributed by atoms with van der Waals surface area (Å²) in [7, 11) is 0. The second kappa shape index (κ2) is 12.1. The molecule has 0 saturated carbocycles. The molecular formula is C34H34N4O4S2. The van der Waals surface area contributed by atoms with E-state index in [4.69, 9.17) is 0 Å². The Bertz CT molecular complexity index is 1790. The SMILES string of the molecule is CCN(CC)c1ccc(C2c3sc(=O)n(CC(=O)Nc4cccc(C)c4)c3SC3C(=O)N(c4ccc(C)cc4)C(=O)C32)cc1. The van der Waals surface area contributed by atoms with Crippen molar-refractivity contribution in [2.45, 2.75) is 50.4 Å². The molecule has 226 valence electrons. The van der Waals surface area contributed by atoms with E-state index in [0.717, 1.165) is 46.8 Å². The molecule has 3 amide bonds. The van der Waals surface area contributed by atoms with Crippen LogP contribution in [0.4, 0.5) is 17.1 Å². The lowest BCUT2D eigenvalue weighted by atomic mass is 9.83. The molecule has 2 aliphatic rings. The summed E-state index contributed by atoms with van der Waals surface area (Å²) in [6.45, 7) is 9.63. The highest BCUT2D eigenvalue weighted by molar-refractivity contribution is 8.00. The van der Waals surface area contributed by atoms with Crippen LogP contribution in [0.1, 0.15) is 41.3 Å². The molecule has 8 nitrogen and oxygen atoms in total. The van der Waals surface area contributed by atoms with Gasteiger partial charge >= 0.3 is 4.87 Å². The molecule has 44 heavy (non-hydrogen) atoms. The van der Waals surface area contributed by atoms with Crippen LogP contribution in [0.2, 0.25) is 0 Å². The molecule has 0 radical (unpaired) electrons. The maximum absolute atomic E-state index is 14.1. The van der Waals surface area contributed by atoms with Crippen LogP contribution in [-0.4, -0.2) is 40.6 Å². The Morgan fingerprint density at radius 1 is 0.886 bits per heavy atom. The van der Waals surface area contributed by atoms with Crippen molar-refractivity contribution < 1.29 is 14.4 Å². The number of hydrogen-bond donors (Lipinski definition) is 1. The number of rotatable bonds is 8. The molecule has 1 saturated heterocycles. The second-order valence-corrected chi connectivity index (χ2v) is 13.3. The molecule has 0 aliphatic carbocycles. The van der Waals surface area contributed by atoms with Crippen molar-refractivity contribution in [1.82, 2.24) is 4.57 Å². The Labute approximate surface area is 264 Å². The highest BCUT2D eigenvalue weighted by Crippen LogP contribution is 2.54. The largest absolute Gasteiger partial charge is 0.372 e. The number of nitrogens with one attached hydrogen (secondary N) is 1. The van der Waals surface area contributed by atoms with Gasteiger partial charge in [0.15, 0.2) is 0 Å². The first-order chi connectivity index (χ1) is 21.2. The summed E-state index contributed by atoms with van der Waals surface area (Å²) in [6, 6.07) is 22.9. The lowest BCUT2D eigenvalue weighted by Gasteiger charge is -2.31. The molecule has 0 bridgehead atoms. The predicted molar refractivity (Wildman–Crippen MR) is 177 cm³/mol. The minimum absolute atomic E-state index is 0.194. The smallest absolute Gasteiger partial charge is 0.308 e. The zero-order valence-corrected chi connectivity index (χ0v) is 26.7. The molecule has 10 heteroatoms. The number of aryl methyl sites for hydroxylation is 2. The van der Waals surface area contributed by atoms with Crippen molar-refractivity contribution in [2.75, 3.05) is 28.2 Å². The van der Waals surface area contributed by atoms with Crippen LogP contribution >= 0.6 is 23.1 Å². The van der Waals surface area contributed by atoms with Crippen LogP contribution in [0.25, 0.3) is 0 Å². The third kappa shape index (κ3) is 5.37. The molecule has 1 fully saturated rings. The minimum Gasteiger partial charge on any atom is -0.372 e. The average molecular weight is 627 g/mol. The zero-order chi connectivity index (χ0) is 31.1. The van der Waals surface area contributed by atoms with Crippen LogP contribution < -0.4 is 20.0 Å². The van der Waals surface area contributed by atoms with Crippen LogP contribution in [0.3, 0.4) is 0 Å². The molecule has 3 heterocycles. The number of imide groups is 1. The molecule has 1 aromatic heterocycles. The first-order valence-corrected chi connectivity index (χ1v) is 16.5. The third-order valence-corrected chi connectivity index (χ3v) is 10.9. The Morgan fingerprint density at radius 3 is 2.25 bits per heavy atom. The number of aromatic nitrogens is 1. The van der Waals surface area contributed by atoms with Gasteiger partial charge in [-0.05, 0) is 75.2 Å². The van der Waals surface area contributed by atoms with Crippen molar-refractivity contribution in [1.29, 1.82) is 0 Å². The first-order valence-electron chi connectivity index (χ1n) is 14.8. The van der Waals surface area contributed by atoms with Crippen molar-refractivity contribution in [3.8, 4) is 0 Å². The average Bonchev–Trinajstić information content (AvgIpc) is 3.45. The number of carbonyl (C=O) groups excluding carboxylic acids is 3. The van der Waals surface area contributed by atoms with Gasteiger partial charge in [0.2, 0.25) is 17.7 Å². The quantitative estimate of drug-likeness (QED) is 0.249. The first kappa shape index (κ1) is 29.9. The topological polar surface area (TPSA) is 91.7 Å². The highest BCUT2D eigenvalue weighted by atomic mass is 32.2. The lowest BCUT2D eigenvalue weighted by molar-refractivity contribution is -0.122. The standard InChI is InChI=1S/C34H34N4O4S2/c1-5-36(6-2)24-16-12-22(13-17-24)27-28-29(32(41)38(31(28)40)25-14-10-20(3)11-15-25)43-33-30(27)44-34(42)37(33)19-26(39)35-23-9-7-8-21(4)18-23/h7-18,27-29H,5-6,19H2,1-4H3,(H,35,39). The van der Waals surface area contributed by atoms with E-state index in [9.17, 15) is 19.2 Å². The Hall–Kier alpha value is -4.15. The summed E-state index contributed by atoms with van der Waals surface area (Å²) >= 11 is 2.28. The Kier molecular flexibility index (Phi) is 8.22. The van der Waals surface area contributed by atoms with E-state index in [2.05, 4.69) is 24.1 Å². The summed E-state index contributed by atoms with van der Waals surface area (Å²) in [6.07, 6.45) is 0. The van der Waals surface area contributed by atoms with E-state index in [0.29, 0.717) is 21.3 Å². The summed E-state index contributed by atoms with van der Waals surface area (Å²) in [4.78, 5) is 58.6. The highest BCUT2D eigenvalue weighted by Gasteiger charge is 2.56. The summed E-state index contributed by atoms with van der Waals surface area (Å²) < 4.78 is 1.45. The van der Waals surface area contributed by atoms with Crippen molar-refractivity contribution in [3.63, 3.8) is 0 Å². The molecular weight excluding hydrogens is 593 g/mol. The minimum atomic E-state index is -0.733. The van der Waals surface area contributed by atoms with Crippen LogP contribution in [0, 0.1) is 19.8 Å². The van der Waals surface area contributed by atoms with Gasteiger partial charge in [-0.25, -0.2) is 4.90 Å². The second-order valence-electron chi connectivity index (χ2n) is 11.2. The molecule has 3 aromatic carbocycles. The van der Waals surface area contributed by atoms with Gasteiger partial charge in [0.25, 0.3) is 0 Å². The van der Waals surface area contributed by atoms with E-state index in [1.165, 1.54) is 21.2 Å². The van der Waals surface area contributed by atoms with Crippen molar-refractivity contribution in [3.05, 3.63) is 104 Å². The fraction of sp³-hybridized carbons (Fsp3) is 0.294. The van der Waals surface area contributed by atoms with E-state index < -0.39 is 17.1 Å². The number of hydrogen-bond acceptors (Lipinski definition) is 7. The van der Waals surface area contributed by atoms with Gasteiger partial charge in [0.1, 0.15) is 11.8 Å². The fourth-order valence-electron chi connectivity index (χ4n) is 6.11. The normalized spacial score (nSPS) is 19.1. The van der Waals surface area contributed by atoms with Gasteiger partial charge in [-0.2, -0.15) is 0 Å².